The zero-order chi connectivity index (χ0) is 21.1. The van der Waals surface area contributed by atoms with Gasteiger partial charge in [0.1, 0.15) is 5.82 Å². The van der Waals surface area contributed by atoms with Crippen molar-refractivity contribution in [3.63, 3.8) is 0 Å². The number of hydrogen-bond donors (Lipinski definition) is 0. The number of ketones is 1. The molecule has 3 nitrogen and oxygen atoms in total. The van der Waals surface area contributed by atoms with Gasteiger partial charge < -0.3 is 4.90 Å². The van der Waals surface area contributed by atoms with Crippen LogP contribution in [-0.2, 0) is 11.3 Å². The highest BCUT2D eigenvalue weighted by molar-refractivity contribution is 6.35. The molecule has 1 aliphatic rings. The molecule has 0 aromatic heterocycles. The SMILES string of the molecule is O=C(C1=C(c2ccccc2)N(Cc2ccc(F)cc2)C(=O)CC1)c1ccccc1Cl. The number of Topliss-reactive ketones (excluding diaryl/α,β-unsaturated/α-hetero) is 1. The van der Waals surface area contributed by atoms with Crippen molar-refractivity contribution in [3.05, 3.63) is 112 Å². The minimum absolute atomic E-state index is 0.0751. The third kappa shape index (κ3) is 4.05. The Morgan fingerprint density at radius 2 is 1.57 bits per heavy atom. The first kappa shape index (κ1) is 20.0. The molecule has 3 aromatic carbocycles. The molecule has 30 heavy (non-hydrogen) atoms. The quantitative estimate of drug-likeness (QED) is 0.483. The number of benzene rings is 3. The monoisotopic (exact) mass is 419 g/mol. The first-order valence-corrected chi connectivity index (χ1v) is 10.0. The molecule has 0 spiro atoms. The third-order valence-corrected chi connectivity index (χ3v) is 5.47. The number of allylic oxidation sites excluding steroid dienone is 1. The summed E-state index contributed by atoms with van der Waals surface area (Å²) in [5, 5.41) is 0.379. The summed E-state index contributed by atoms with van der Waals surface area (Å²) in [7, 11) is 0. The molecule has 1 amide bonds. The molecule has 0 aliphatic carbocycles. The van der Waals surface area contributed by atoms with Crippen LogP contribution in [0.4, 0.5) is 4.39 Å². The lowest BCUT2D eigenvalue weighted by molar-refractivity contribution is -0.128. The Bertz CT molecular complexity index is 1120. The molecule has 5 heteroatoms. The van der Waals surface area contributed by atoms with E-state index in [0.717, 1.165) is 11.1 Å². The molecule has 1 aliphatic heterocycles. The molecule has 0 unspecified atom stereocenters. The first-order chi connectivity index (χ1) is 14.5. The van der Waals surface area contributed by atoms with E-state index in [2.05, 4.69) is 0 Å². The van der Waals surface area contributed by atoms with E-state index in [-0.39, 0.29) is 30.5 Å². The van der Waals surface area contributed by atoms with Crippen LogP contribution >= 0.6 is 11.6 Å². The second-order valence-electron chi connectivity index (χ2n) is 7.11. The van der Waals surface area contributed by atoms with Crippen molar-refractivity contribution in [1.82, 2.24) is 4.90 Å². The number of carbonyl (C=O) groups excluding carboxylic acids is 2. The van der Waals surface area contributed by atoms with E-state index in [9.17, 15) is 14.0 Å². The fourth-order valence-electron chi connectivity index (χ4n) is 3.67. The van der Waals surface area contributed by atoms with Crippen LogP contribution in [0.25, 0.3) is 5.70 Å². The molecule has 1 heterocycles. The Morgan fingerprint density at radius 3 is 2.27 bits per heavy atom. The molecule has 0 atom stereocenters. The van der Waals surface area contributed by atoms with E-state index in [1.54, 1.807) is 41.3 Å². The highest BCUT2D eigenvalue weighted by Crippen LogP contribution is 2.35. The summed E-state index contributed by atoms with van der Waals surface area (Å²) in [6.07, 6.45) is 0.566. The summed E-state index contributed by atoms with van der Waals surface area (Å²) < 4.78 is 13.3. The average molecular weight is 420 g/mol. The van der Waals surface area contributed by atoms with E-state index in [4.69, 9.17) is 11.6 Å². The zero-order valence-electron chi connectivity index (χ0n) is 16.1. The smallest absolute Gasteiger partial charge is 0.227 e. The topological polar surface area (TPSA) is 37.4 Å². The molecular formula is C25H19ClFNO2. The number of rotatable bonds is 5. The average Bonchev–Trinajstić information content (AvgIpc) is 2.77. The Balaban J connectivity index is 1.84. The predicted molar refractivity (Wildman–Crippen MR) is 115 cm³/mol. The van der Waals surface area contributed by atoms with E-state index in [1.165, 1.54) is 12.1 Å². The van der Waals surface area contributed by atoms with Crippen LogP contribution in [0.1, 0.15) is 34.3 Å². The van der Waals surface area contributed by atoms with E-state index < -0.39 is 0 Å². The van der Waals surface area contributed by atoms with Gasteiger partial charge >= 0.3 is 0 Å². The molecule has 0 radical (unpaired) electrons. The summed E-state index contributed by atoms with van der Waals surface area (Å²) in [4.78, 5) is 27.9. The highest BCUT2D eigenvalue weighted by Gasteiger charge is 2.32. The minimum Gasteiger partial charge on any atom is -0.307 e. The van der Waals surface area contributed by atoms with Crippen molar-refractivity contribution in [2.45, 2.75) is 19.4 Å². The third-order valence-electron chi connectivity index (χ3n) is 5.14. The van der Waals surface area contributed by atoms with Gasteiger partial charge in [0.2, 0.25) is 5.91 Å². The van der Waals surface area contributed by atoms with Crippen LogP contribution in [0.2, 0.25) is 5.02 Å². The maximum absolute atomic E-state index is 13.4. The number of halogens is 2. The highest BCUT2D eigenvalue weighted by atomic mass is 35.5. The molecule has 150 valence electrons. The van der Waals surface area contributed by atoms with Gasteiger partial charge in [-0.3, -0.25) is 9.59 Å². The van der Waals surface area contributed by atoms with Crippen molar-refractivity contribution >= 4 is 29.0 Å². The number of hydrogen-bond acceptors (Lipinski definition) is 2. The maximum atomic E-state index is 13.4. The van der Waals surface area contributed by atoms with Gasteiger partial charge in [0.25, 0.3) is 0 Å². The van der Waals surface area contributed by atoms with Crippen LogP contribution in [0.5, 0.6) is 0 Å². The van der Waals surface area contributed by atoms with Gasteiger partial charge in [-0.05, 0) is 41.8 Å². The van der Waals surface area contributed by atoms with Gasteiger partial charge in [0.15, 0.2) is 5.78 Å². The number of nitrogens with zero attached hydrogens (tertiary/aromatic N) is 1. The molecule has 3 aromatic rings. The lowest BCUT2D eigenvalue weighted by Crippen LogP contribution is -2.34. The van der Waals surface area contributed by atoms with Crippen LogP contribution in [0.3, 0.4) is 0 Å². The minimum atomic E-state index is -0.336. The maximum Gasteiger partial charge on any atom is 0.227 e. The van der Waals surface area contributed by atoms with Crippen molar-refractivity contribution in [1.29, 1.82) is 0 Å². The summed E-state index contributed by atoms with van der Waals surface area (Å²) in [5.41, 5.74) is 3.11. The van der Waals surface area contributed by atoms with E-state index in [1.807, 2.05) is 30.3 Å². The van der Waals surface area contributed by atoms with E-state index >= 15 is 0 Å². The second kappa shape index (κ2) is 8.64. The van der Waals surface area contributed by atoms with Crippen LogP contribution in [-0.4, -0.2) is 16.6 Å². The molecule has 0 bridgehead atoms. The Morgan fingerprint density at radius 1 is 0.900 bits per heavy atom. The summed E-state index contributed by atoms with van der Waals surface area (Å²) in [5.74, 6) is -0.595. The van der Waals surface area contributed by atoms with Gasteiger partial charge in [-0.2, -0.15) is 0 Å². The van der Waals surface area contributed by atoms with E-state index in [0.29, 0.717) is 28.3 Å². The van der Waals surface area contributed by atoms with Crippen LogP contribution < -0.4 is 0 Å². The van der Waals surface area contributed by atoms with Gasteiger partial charge in [-0.1, -0.05) is 66.2 Å². The van der Waals surface area contributed by atoms with Gasteiger partial charge in [0.05, 0.1) is 17.3 Å². The Labute approximate surface area is 179 Å². The lowest BCUT2D eigenvalue weighted by Gasteiger charge is -2.32. The van der Waals surface area contributed by atoms with Crippen molar-refractivity contribution in [2.24, 2.45) is 0 Å². The van der Waals surface area contributed by atoms with Gasteiger partial charge in [-0.25, -0.2) is 4.39 Å². The number of amides is 1. The Hall–Kier alpha value is -3.24. The molecule has 0 saturated carbocycles. The van der Waals surface area contributed by atoms with Crippen LogP contribution in [0.15, 0.2) is 84.4 Å². The molecular weight excluding hydrogens is 401 g/mol. The lowest BCUT2D eigenvalue weighted by atomic mass is 9.90. The molecule has 0 fully saturated rings. The first-order valence-electron chi connectivity index (χ1n) is 9.67. The fraction of sp³-hybridized carbons (Fsp3) is 0.120. The normalized spacial score (nSPS) is 14.2. The Kier molecular flexibility index (Phi) is 5.77. The molecule has 0 N–H and O–H groups in total. The standard InChI is InChI=1S/C25H19ClFNO2/c26-22-9-5-4-8-20(22)25(30)21-14-15-23(29)28(16-17-10-12-19(27)13-11-17)24(21)18-6-2-1-3-7-18/h1-13H,14-16H2. The molecule has 0 saturated heterocycles. The number of carbonyl (C=O) groups is 2. The van der Waals surface area contributed by atoms with Crippen LogP contribution in [0, 0.1) is 5.82 Å². The summed E-state index contributed by atoms with van der Waals surface area (Å²) in [6.45, 7) is 0.253. The zero-order valence-corrected chi connectivity index (χ0v) is 16.9. The van der Waals surface area contributed by atoms with Gasteiger partial charge in [-0.15, -0.1) is 0 Å². The van der Waals surface area contributed by atoms with Gasteiger partial charge in [0, 0.05) is 17.6 Å². The fourth-order valence-corrected chi connectivity index (χ4v) is 3.89. The van der Waals surface area contributed by atoms with Crippen molar-refractivity contribution in [3.8, 4) is 0 Å². The van der Waals surface area contributed by atoms with Crippen molar-refractivity contribution in [2.75, 3.05) is 0 Å². The second-order valence-corrected chi connectivity index (χ2v) is 7.52. The largest absolute Gasteiger partial charge is 0.307 e. The summed E-state index contributed by atoms with van der Waals surface area (Å²) in [6, 6.07) is 22.3. The predicted octanol–water partition coefficient (Wildman–Crippen LogP) is 5.90. The molecule has 4 rings (SSSR count). The van der Waals surface area contributed by atoms with Crippen molar-refractivity contribution < 1.29 is 14.0 Å². The summed E-state index contributed by atoms with van der Waals surface area (Å²) >= 11 is 6.28.